The molecule has 164 valence electrons. The van der Waals surface area contributed by atoms with E-state index in [1.54, 1.807) is 0 Å². The molecular formula is C24H36N4O2. The molecule has 2 heterocycles. The Labute approximate surface area is 180 Å². The smallest absolute Gasteiger partial charge is 0.226 e. The van der Waals surface area contributed by atoms with Crippen LogP contribution in [-0.2, 0) is 29.7 Å². The quantitative estimate of drug-likeness (QED) is 0.702. The van der Waals surface area contributed by atoms with Gasteiger partial charge in [0.25, 0.3) is 0 Å². The Balaban J connectivity index is 1.35. The zero-order valence-corrected chi connectivity index (χ0v) is 18.9. The molecule has 0 unspecified atom stereocenters. The van der Waals surface area contributed by atoms with E-state index in [1.807, 2.05) is 0 Å². The number of aromatic nitrogens is 2. The maximum atomic E-state index is 12.1. The number of likely N-dealkylation sites (tertiary alicyclic amines) is 1. The molecule has 6 nitrogen and oxygen atoms in total. The summed E-state index contributed by atoms with van der Waals surface area (Å²) in [5.41, 5.74) is 2.35. The summed E-state index contributed by atoms with van der Waals surface area (Å²) in [6.45, 7) is 12.5. The van der Waals surface area contributed by atoms with Gasteiger partial charge in [-0.2, -0.15) is 4.98 Å². The van der Waals surface area contributed by atoms with E-state index in [0.717, 1.165) is 18.0 Å². The minimum absolute atomic E-state index is 0.0528. The Morgan fingerprint density at radius 2 is 1.83 bits per heavy atom. The number of carbonyl (C=O) groups excluding carboxylic acids is 1. The van der Waals surface area contributed by atoms with Crippen LogP contribution < -0.4 is 5.32 Å². The monoisotopic (exact) mass is 412 g/mol. The molecule has 0 aliphatic carbocycles. The second kappa shape index (κ2) is 10.2. The number of piperidine rings is 1. The van der Waals surface area contributed by atoms with Crippen molar-refractivity contribution in [2.45, 2.75) is 78.3 Å². The van der Waals surface area contributed by atoms with Gasteiger partial charge in [-0.05, 0) is 49.4 Å². The predicted molar refractivity (Wildman–Crippen MR) is 118 cm³/mol. The number of hydrogen-bond donors (Lipinski definition) is 1. The van der Waals surface area contributed by atoms with Crippen LogP contribution in [0.15, 0.2) is 28.8 Å². The molecular weight excluding hydrogens is 376 g/mol. The lowest BCUT2D eigenvalue weighted by molar-refractivity contribution is -0.121. The number of carbonyl (C=O) groups is 1. The molecule has 1 N–H and O–H groups in total. The highest BCUT2D eigenvalue weighted by molar-refractivity contribution is 5.75. The number of nitrogens with zero attached hydrogens (tertiary/aromatic N) is 3. The number of rotatable bonds is 8. The molecule has 1 aliphatic rings. The fraction of sp³-hybridized carbons (Fsp3) is 0.625. The van der Waals surface area contributed by atoms with E-state index in [1.165, 1.54) is 31.5 Å². The van der Waals surface area contributed by atoms with E-state index in [4.69, 9.17) is 4.52 Å². The molecule has 6 heteroatoms. The third kappa shape index (κ3) is 6.94. The second-order valence-corrected chi connectivity index (χ2v) is 9.67. The van der Waals surface area contributed by atoms with E-state index in [0.29, 0.717) is 37.5 Å². The molecule has 1 saturated heterocycles. The van der Waals surface area contributed by atoms with E-state index >= 15 is 0 Å². The second-order valence-electron chi connectivity index (χ2n) is 9.67. The van der Waals surface area contributed by atoms with Crippen molar-refractivity contribution in [3.05, 3.63) is 47.1 Å². The standard InChI is InChI=1S/C24H36N4O2/c1-18-12-14-28(15-13-18)17-20-10-8-19(9-11-20)16-25-21(29)6-5-7-22-26-23(27-30-22)24(2,3)4/h8-11,18H,5-7,12-17H2,1-4H3,(H,25,29). The molecule has 3 rings (SSSR count). The maximum Gasteiger partial charge on any atom is 0.226 e. The zero-order valence-electron chi connectivity index (χ0n) is 18.9. The topological polar surface area (TPSA) is 71.3 Å². The van der Waals surface area contributed by atoms with Gasteiger partial charge in [-0.1, -0.05) is 57.1 Å². The molecule has 0 atom stereocenters. The van der Waals surface area contributed by atoms with Crippen LogP contribution >= 0.6 is 0 Å². The van der Waals surface area contributed by atoms with Gasteiger partial charge < -0.3 is 9.84 Å². The highest BCUT2D eigenvalue weighted by Crippen LogP contribution is 2.19. The third-order valence-corrected chi connectivity index (χ3v) is 5.73. The summed E-state index contributed by atoms with van der Waals surface area (Å²) in [4.78, 5) is 19.1. The molecule has 1 fully saturated rings. The SMILES string of the molecule is CC1CCN(Cc2ccc(CNC(=O)CCCc3nc(C(C)(C)C)no3)cc2)CC1. The Hall–Kier alpha value is -2.21. The van der Waals surface area contributed by atoms with Gasteiger partial charge in [0, 0.05) is 31.3 Å². The van der Waals surface area contributed by atoms with Crippen molar-refractivity contribution in [2.24, 2.45) is 5.92 Å². The Morgan fingerprint density at radius 1 is 1.17 bits per heavy atom. The first-order valence-corrected chi connectivity index (χ1v) is 11.2. The summed E-state index contributed by atoms with van der Waals surface area (Å²) in [7, 11) is 0. The molecule has 30 heavy (non-hydrogen) atoms. The van der Waals surface area contributed by atoms with Gasteiger partial charge in [-0.3, -0.25) is 9.69 Å². The van der Waals surface area contributed by atoms with Crippen LogP contribution in [0, 0.1) is 5.92 Å². The van der Waals surface area contributed by atoms with Crippen molar-refractivity contribution in [3.8, 4) is 0 Å². The average Bonchev–Trinajstić information content (AvgIpc) is 3.19. The number of hydrogen-bond acceptors (Lipinski definition) is 5. The number of aryl methyl sites for hydroxylation is 1. The highest BCUT2D eigenvalue weighted by atomic mass is 16.5. The fourth-order valence-electron chi connectivity index (χ4n) is 3.59. The summed E-state index contributed by atoms with van der Waals surface area (Å²) < 4.78 is 5.28. The molecule has 2 aromatic rings. The van der Waals surface area contributed by atoms with Gasteiger partial charge in [0.05, 0.1) is 0 Å². The van der Waals surface area contributed by atoms with Crippen LogP contribution in [0.2, 0.25) is 0 Å². The van der Waals surface area contributed by atoms with Crippen LogP contribution in [0.5, 0.6) is 0 Å². The largest absolute Gasteiger partial charge is 0.352 e. The van der Waals surface area contributed by atoms with Crippen LogP contribution in [0.1, 0.15) is 76.2 Å². The van der Waals surface area contributed by atoms with E-state index in [-0.39, 0.29) is 11.3 Å². The molecule has 0 bridgehead atoms. The van der Waals surface area contributed by atoms with Gasteiger partial charge in [-0.15, -0.1) is 0 Å². The normalized spacial score (nSPS) is 16.0. The minimum Gasteiger partial charge on any atom is -0.352 e. The first-order valence-electron chi connectivity index (χ1n) is 11.2. The van der Waals surface area contributed by atoms with Gasteiger partial charge >= 0.3 is 0 Å². The van der Waals surface area contributed by atoms with Crippen molar-refractivity contribution in [1.29, 1.82) is 0 Å². The Bertz CT molecular complexity index is 799. The minimum atomic E-state index is -0.124. The van der Waals surface area contributed by atoms with Gasteiger partial charge in [0.2, 0.25) is 11.8 Å². The van der Waals surface area contributed by atoms with Gasteiger partial charge in [0.15, 0.2) is 5.82 Å². The number of nitrogens with one attached hydrogen (secondary N) is 1. The molecule has 0 spiro atoms. The van der Waals surface area contributed by atoms with Crippen molar-refractivity contribution in [3.63, 3.8) is 0 Å². The van der Waals surface area contributed by atoms with Crippen molar-refractivity contribution in [2.75, 3.05) is 13.1 Å². The maximum absolute atomic E-state index is 12.1. The summed E-state index contributed by atoms with van der Waals surface area (Å²) in [6, 6.07) is 8.60. The first kappa shape index (κ1) is 22.5. The molecule has 1 aromatic heterocycles. The number of amides is 1. The number of benzene rings is 1. The Kier molecular flexibility index (Phi) is 7.64. The average molecular weight is 413 g/mol. The lowest BCUT2D eigenvalue weighted by Gasteiger charge is -2.30. The third-order valence-electron chi connectivity index (χ3n) is 5.73. The predicted octanol–water partition coefficient (Wildman–Crippen LogP) is 4.24. The fourth-order valence-corrected chi connectivity index (χ4v) is 3.59. The molecule has 0 radical (unpaired) electrons. The first-order chi connectivity index (χ1) is 14.3. The molecule has 1 aliphatic heterocycles. The molecule has 1 amide bonds. The van der Waals surface area contributed by atoms with Crippen LogP contribution in [0.25, 0.3) is 0 Å². The molecule has 1 aromatic carbocycles. The van der Waals surface area contributed by atoms with Crippen LogP contribution in [0.4, 0.5) is 0 Å². The van der Waals surface area contributed by atoms with E-state index in [2.05, 4.69) is 72.3 Å². The summed E-state index contributed by atoms with van der Waals surface area (Å²) in [5, 5.41) is 7.02. The summed E-state index contributed by atoms with van der Waals surface area (Å²) in [6.07, 6.45) is 4.38. The summed E-state index contributed by atoms with van der Waals surface area (Å²) in [5.74, 6) is 2.23. The highest BCUT2D eigenvalue weighted by Gasteiger charge is 2.20. The zero-order chi connectivity index (χ0) is 21.6. The van der Waals surface area contributed by atoms with E-state index < -0.39 is 0 Å². The van der Waals surface area contributed by atoms with Crippen LogP contribution in [0.3, 0.4) is 0 Å². The Morgan fingerprint density at radius 3 is 2.47 bits per heavy atom. The van der Waals surface area contributed by atoms with Crippen LogP contribution in [-0.4, -0.2) is 34.0 Å². The lowest BCUT2D eigenvalue weighted by atomic mass is 9.96. The van der Waals surface area contributed by atoms with Crippen molar-refractivity contribution in [1.82, 2.24) is 20.4 Å². The molecule has 0 saturated carbocycles. The lowest BCUT2D eigenvalue weighted by Crippen LogP contribution is -2.32. The van der Waals surface area contributed by atoms with Gasteiger partial charge in [0.1, 0.15) is 0 Å². The van der Waals surface area contributed by atoms with Gasteiger partial charge in [-0.25, -0.2) is 0 Å². The van der Waals surface area contributed by atoms with E-state index in [9.17, 15) is 4.79 Å². The van der Waals surface area contributed by atoms with Crippen molar-refractivity contribution >= 4 is 5.91 Å². The summed E-state index contributed by atoms with van der Waals surface area (Å²) >= 11 is 0. The van der Waals surface area contributed by atoms with Crippen molar-refractivity contribution < 1.29 is 9.32 Å².